The number of carbonyl (C=O) groups is 1. The van der Waals surface area contributed by atoms with Crippen LogP contribution in [0.1, 0.15) is 36.6 Å². The van der Waals surface area contributed by atoms with Crippen molar-refractivity contribution in [3.05, 3.63) is 90.6 Å². The molecule has 39 heavy (non-hydrogen) atoms. The summed E-state index contributed by atoms with van der Waals surface area (Å²) >= 11 is 1.20. The first kappa shape index (κ1) is 27.7. The average molecular weight is 551 g/mol. The third kappa shape index (κ3) is 5.20. The van der Waals surface area contributed by atoms with Gasteiger partial charge in [-0.1, -0.05) is 23.5 Å². The molecule has 2 heterocycles. The van der Waals surface area contributed by atoms with Gasteiger partial charge in [0.15, 0.2) is 27.8 Å². The summed E-state index contributed by atoms with van der Waals surface area (Å²) in [7, 11) is 4.52. The number of phenolic OH excluding ortho intramolecular Hbond substituents is 1. The number of nitrogens with zero attached hydrogens (tertiary/aromatic N) is 2. The van der Waals surface area contributed by atoms with Crippen LogP contribution in [0.4, 0.5) is 0 Å². The van der Waals surface area contributed by atoms with Crippen LogP contribution in [0.3, 0.4) is 0 Å². The summed E-state index contributed by atoms with van der Waals surface area (Å²) in [6.07, 6.45) is 3.81. The molecule has 0 saturated carbocycles. The third-order valence-corrected chi connectivity index (χ3v) is 7.28. The fourth-order valence-corrected chi connectivity index (χ4v) is 5.57. The zero-order chi connectivity index (χ0) is 28.3. The molecule has 10 heteroatoms. The summed E-state index contributed by atoms with van der Waals surface area (Å²) in [5, 5.41) is 10.5. The number of aromatic nitrogens is 1. The SMILES string of the molecule is C=CCc1cc(/C=c2/sc3n(c2=O)C(c2ccc(OC)c(OC)c2)C(C(=O)OCC)=C(C)N=3)cc(OC)c1O. The third-order valence-electron chi connectivity index (χ3n) is 6.30. The molecule has 1 unspecified atom stereocenters. The highest BCUT2D eigenvalue weighted by atomic mass is 32.1. The minimum Gasteiger partial charge on any atom is -0.504 e. The van der Waals surface area contributed by atoms with Gasteiger partial charge < -0.3 is 24.1 Å². The summed E-state index contributed by atoms with van der Waals surface area (Å²) in [5.41, 5.74) is 2.31. The van der Waals surface area contributed by atoms with Crippen LogP contribution >= 0.6 is 11.3 Å². The van der Waals surface area contributed by atoms with Crippen molar-refractivity contribution in [2.75, 3.05) is 27.9 Å². The van der Waals surface area contributed by atoms with Crippen LogP contribution in [0.2, 0.25) is 0 Å². The van der Waals surface area contributed by atoms with E-state index in [0.29, 0.717) is 49.6 Å². The van der Waals surface area contributed by atoms with Gasteiger partial charge in [0.05, 0.1) is 49.8 Å². The Kier molecular flexibility index (Phi) is 8.25. The minimum absolute atomic E-state index is 0.0270. The van der Waals surface area contributed by atoms with E-state index >= 15 is 0 Å². The predicted molar refractivity (Wildman–Crippen MR) is 149 cm³/mol. The van der Waals surface area contributed by atoms with Crippen molar-refractivity contribution >= 4 is 23.4 Å². The highest BCUT2D eigenvalue weighted by molar-refractivity contribution is 7.07. The lowest BCUT2D eigenvalue weighted by Crippen LogP contribution is -2.40. The number of rotatable bonds is 9. The quantitative estimate of drug-likeness (QED) is 0.322. The van der Waals surface area contributed by atoms with E-state index in [-0.39, 0.29) is 29.2 Å². The number of thiazole rings is 1. The molecule has 0 amide bonds. The fraction of sp³-hybridized carbons (Fsp3) is 0.276. The molecule has 2 aromatic carbocycles. The van der Waals surface area contributed by atoms with E-state index in [1.54, 1.807) is 56.3 Å². The topological polar surface area (TPSA) is 109 Å². The Labute approximate surface area is 229 Å². The van der Waals surface area contributed by atoms with Crippen LogP contribution in [-0.4, -0.2) is 43.6 Å². The number of hydrogen-bond donors (Lipinski definition) is 1. The van der Waals surface area contributed by atoms with Crippen LogP contribution in [0.15, 0.2) is 64.0 Å². The number of ether oxygens (including phenoxy) is 4. The number of hydrogen-bond acceptors (Lipinski definition) is 9. The molecule has 0 aliphatic carbocycles. The molecule has 1 aliphatic heterocycles. The molecule has 0 radical (unpaired) electrons. The van der Waals surface area contributed by atoms with Gasteiger partial charge in [-0.05, 0) is 61.7 Å². The van der Waals surface area contributed by atoms with E-state index in [9.17, 15) is 14.7 Å². The largest absolute Gasteiger partial charge is 0.504 e. The zero-order valence-electron chi connectivity index (χ0n) is 22.4. The Morgan fingerprint density at radius 2 is 1.85 bits per heavy atom. The van der Waals surface area contributed by atoms with Gasteiger partial charge in [0.1, 0.15) is 0 Å². The molecule has 0 bridgehead atoms. The molecule has 1 N–H and O–H groups in total. The number of aromatic hydroxyl groups is 1. The van der Waals surface area contributed by atoms with Crippen LogP contribution in [0.5, 0.6) is 23.0 Å². The molecular formula is C29H30N2O7S. The van der Waals surface area contributed by atoms with Crippen molar-refractivity contribution in [2.45, 2.75) is 26.3 Å². The summed E-state index contributed by atoms with van der Waals surface area (Å²) in [4.78, 5) is 32.1. The summed E-state index contributed by atoms with van der Waals surface area (Å²) < 4.78 is 23.5. The normalized spacial score (nSPS) is 14.9. The van der Waals surface area contributed by atoms with Gasteiger partial charge in [-0.3, -0.25) is 9.36 Å². The molecular weight excluding hydrogens is 520 g/mol. The maximum Gasteiger partial charge on any atom is 0.338 e. The molecule has 1 aromatic heterocycles. The van der Waals surface area contributed by atoms with Crippen LogP contribution in [-0.2, 0) is 16.0 Å². The maximum atomic E-state index is 13.9. The minimum atomic E-state index is -0.798. The molecule has 1 atom stereocenters. The van der Waals surface area contributed by atoms with Crippen molar-refractivity contribution in [1.82, 2.24) is 4.57 Å². The standard InChI is InChI=1S/C29H30N2O7S/c1-7-9-19-12-17(13-22(37-6)26(19)32)14-23-27(33)31-25(18-10-11-20(35-4)21(15-18)36-5)24(28(34)38-8-2)16(3)30-29(31)39-23/h7,10-15,25,32H,1,8-9H2,2-6H3/b23-14+. The Morgan fingerprint density at radius 1 is 1.13 bits per heavy atom. The second-order valence-corrected chi connectivity index (χ2v) is 9.65. The number of esters is 1. The first-order chi connectivity index (χ1) is 18.8. The van der Waals surface area contributed by atoms with Gasteiger partial charge in [-0.2, -0.15) is 0 Å². The zero-order valence-corrected chi connectivity index (χ0v) is 23.3. The lowest BCUT2D eigenvalue weighted by molar-refractivity contribution is -0.139. The molecule has 4 rings (SSSR count). The van der Waals surface area contributed by atoms with Gasteiger partial charge in [-0.15, -0.1) is 6.58 Å². The molecule has 0 fully saturated rings. The van der Waals surface area contributed by atoms with Crippen molar-refractivity contribution in [1.29, 1.82) is 0 Å². The number of benzene rings is 2. The number of methoxy groups -OCH3 is 3. The Balaban J connectivity index is 1.97. The second kappa shape index (κ2) is 11.6. The summed E-state index contributed by atoms with van der Waals surface area (Å²) in [6, 6.07) is 7.89. The number of fused-ring (bicyclic) bond motifs is 1. The second-order valence-electron chi connectivity index (χ2n) is 8.64. The Hall–Kier alpha value is -4.31. The number of allylic oxidation sites excluding steroid dienone is 2. The molecule has 204 valence electrons. The van der Waals surface area contributed by atoms with Crippen molar-refractivity contribution in [3.8, 4) is 23.0 Å². The fourth-order valence-electron chi connectivity index (χ4n) is 4.52. The molecule has 9 nitrogen and oxygen atoms in total. The Bertz CT molecular complexity index is 1650. The van der Waals surface area contributed by atoms with E-state index in [1.165, 1.54) is 37.2 Å². The van der Waals surface area contributed by atoms with Gasteiger partial charge >= 0.3 is 5.97 Å². The maximum absolute atomic E-state index is 13.9. The predicted octanol–water partition coefficient (Wildman–Crippen LogP) is 3.26. The first-order valence-corrected chi connectivity index (χ1v) is 13.0. The van der Waals surface area contributed by atoms with Crippen molar-refractivity contribution in [3.63, 3.8) is 0 Å². The molecule has 0 saturated heterocycles. The van der Waals surface area contributed by atoms with Crippen molar-refractivity contribution in [2.24, 2.45) is 4.99 Å². The first-order valence-electron chi connectivity index (χ1n) is 12.2. The highest BCUT2D eigenvalue weighted by Crippen LogP contribution is 2.36. The van der Waals surface area contributed by atoms with Crippen LogP contribution in [0.25, 0.3) is 6.08 Å². The average Bonchev–Trinajstić information content (AvgIpc) is 3.23. The smallest absolute Gasteiger partial charge is 0.338 e. The lowest BCUT2D eigenvalue weighted by Gasteiger charge is -2.25. The number of phenols is 1. The monoisotopic (exact) mass is 550 g/mol. The van der Waals surface area contributed by atoms with E-state index in [1.807, 2.05) is 0 Å². The molecule has 0 spiro atoms. The van der Waals surface area contributed by atoms with Crippen LogP contribution < -0.4 is 29.1 Å². The number of carbonyl (C=O) groups excluding carboxylic acids is 1. The Morgan fingerprint density at radius 3 is 2.49 bits per heavy atom. The van der Waals surface area contributed by atoms with Gasteiger partial charge in [0.25, 0.3) is 5.56 Å². The van der Waals surface area contributed by atoms with Crippen molar-refractivity contribution < 1.29 is 28.8 Å². The van der Waals surface area contributed by atoms with E-state index < -0.39 is 12.0 Å². The van der Waals surface area contributed by atoms with Crippen LogP contribution in [0, 0.1) is 0 Å². The summed E-state index contributed by atoms with van der Waals surface area (Å²) in [5.74, 6) is 0.742. The lowest BCUT2D eigenvalue weighted by atomic mass is 9.95. The van der Waals surface area contributed by atoms with Gasteiger partial charge in [0.2, 0.25) is 0 Å². The highest BCUT2D eigenvalue weighted by Gasteiger charge is 2.34. The summed E-state index contributed by atoms with van der Waals surface area (Å²) in [6.45, 7) is 7.37. The van der Waals surface area contributed by atoms with Gasteiger partial charge in [0, 0.05) is 5.56 Å². The van der Waals surface area contributed by atoms with E-state index in [0.717, 1.165) is 0 Å². The molecule has 3 aromatic rings. The molecule has 1 aliphatic rings. The van der Waals surface area contributed by atoms with E-state index in [2.05, 4.69) is 11.6 Å². The van der Waals surface area contributed by atoms with Gasteiger partial charge in [-0.25, -0.2) is 9.79 Å². The van der Waals surface area contributed by atoms with E-state index in [4.69, 9.17) is 18.9 Å².